The highest BCUT2D eigenvalue weighted by atomic mass is 79.9. The number of nitrogens with zero attached hydrogens (tertiary/aromatic N) is 2. The van der Waals surface area contributed by atoms with E-state index in [0.29, 0.717) is 0 Å². The molecule has 3 nitrogen and oxygen atoms in total. The summed E-state index contributed by atoms with van der Waals surface area (Å²) in [7, 11) is 0. The third kappa shape index (κ3) is 4.28. The molecule has 0 amide bonds. The second kappa shape index (κ2) is 7.38. The van der Waals surface area contributed by atoms with Gasteiger partial charge in [-0.2, -0.15) is 0 Å². The van der Waals surface area contributed by atoms with Crippen LogP contribution in [-0.4, -0.2) is 16.5 Å². The zero-order chi connectivity index (χ0) is 15.4. The Morgan fingerprint density at radius 1 is 1.14 bits per heavy atom. The molecule has 1 aromatic heterocycles. The molecule has 1 heterocycles. The number of benzene rings is 1. The summed E-state index contributed by atoms with van der Waals surface area (Å²) < 4.78 is 1.09. The lowest BCUT2D eigenvalue weighted by Gasteiger charge is -2.09. The predicted octanol–water partition coefficient (Wildman–Crippen LogP) is 4.43. The van der Waals surface area contributed by atoms with Crippen LogP contribution in [0.2, 0.25) is 0 Å². The topological polar surface area (TPSA) is 37.8 Å². The van der Waals surface area contributed by atoms with Gasteiger partial charge in [0.2, 0.25) is 0 Å². The molecule has 0 spiro atoms. The SMILES string of the molecule is CCNCc1ccc(Sc2nc(C)c(C)c(C)n2)c(Br)c1. The van der Waals surface area contributed by atoms with Crippen LogP contribution in [0, 0.1) is 20.8 Å². The van der Waals surface area contributed by atoms with Gasteiger partial charge >= 0.3 is 0 Å². The molecule has 2 rings (SSSR count). The molecule has 0 aliphatic carbocycles. The van der Waals surface area contributed by atoms with E-state index in [2.05, 4.69) is 63.3 Å². The van der Waals surface area contributed by atoms with Crippen molar-refractivity contribution in [3.63, 3.8) is 0 Å². The van der Waals surface area contributed by atoms with Crippen LogP contribution in [0.1, 0.15) is 29.4 Å². The van der Waals surface area contributed by atoms with Crippen LogP contribution in [0.25, 0.3) is 0 Å². The first-order valence-corrected chi connectivity index (χ1v) is 8.61. The Labute approximate surface area is 139 Å². The molecule has 5 heteroatoms. The summed E-state index contributed by atoms with van der Waals surface area (Å²) in [5.41, 5.74) is 4.53. The molecule has 0 bridgehead atoms. The van der Waals surface area contributed by atoms with Gasteiger partial charge in [0.15, 0.2) is 5.16 Å². The van der Waals surface area contributed by atoms with Gasteiger partial charge in [-0.05, 0) is 78.3 Å². The highest BCUT2D eigenvalue weighted by molar-refractivity contribution is 9.10. The maximum absolute atomic E-state index is 4.56. The van der Waals surface area contributed by atoms with E-state index in [1.54, 1.807) is 11.8 Å². The quantitative estimate of drug-likeness (QED) is 0.795. The second-order valence-electron chi connectivity index (χ2n) is 4.95. The molecule has 2 aromatic rings. The summed E-state index contributed by atoms with van der Waals surface area (Å²) in [6.07, 6.45) is 0. The molecule has 0 fully saturated rings. The van der Waals surface area contributed by atoms with Crippen LogP contribution < -0.4 is 5.32 Å². The molecule has 1 aromatic carbocycles. The van der Waals surface area contributed by atoms with Crippen molar-refractivity contribution in [1.82, 2.24) is 15.3 Å². The van der Waals surface area contributed by atoms with Gasteiger partial charge in [-0.25, -0.2) is 9.97 Å². The summed E-state index contributed by atoms with van der Waals surface area (Å²) in [6.45, 7) is 10.1. The lowest BCUT2D eigenvalue weighted by atomic mass is 10.2. The van der Waals surface area contributed by atoms with Crippen LogP contribution in [-0.2, 0) is 6.54 Å². The van der Waals surface area contributed by atoms with Crippen LogP contribution in [0.3, 0.4) is 0 Å². The van der Waals surface area contributed by atoms with E-state index in [-0.39, 0.29) is 0 Å². The number of hydrogen-bond donors (Lipinski definition) is 1. The Bertz CT molecular complexity index is 620. The summed E-state index contributed by atoms with van der Waals surface area (Å²) >= 11 is 5.24. The number of nitrogens with one attached hydrogen (secondary N) is 1. The highest BCUT2D eigenvalue weighted by Crippen LogP contribution is 2.32. The van der Waals surface area contributed by atoms with Crippen LogP contribution in [0.5, 0.6) is 0 Å². The van der Waals surface area contributed by atoms with Crippen molar-refractivity contribution in [3.05, 3.63) is 45.2 Å². The van der Waals surface area contributed by atoms with Gasteiger partial charge in [0.1, 0.15) is 0 Å². The summed E-state index contributed by atoms with van der Waals surface area (Å²) in [5, 5.41) is 4.13. The molecule has 0 saturated carbocycles. The van der Waals surface area contributed by atoms with Crippen LogP contribution in [0.4, 0.5) is 0 Å². The minimum Gasteiger partial charge on any atom is -0.313 e. The van der Waals surface area contributed by atoms with E-state index in [1.807, 2.05) is 13.8 Å². The van der Waals surface area contributed by atoms with Crippen molar-refractivity contribution < 1.29 is 0 Å². The largest absolute Gasteiger partial charge is 0.313 e. The molecule has 112 valence electrons. The Morgan fingerprint density at radius 2 is 1.81 bits per heavy atom. The fourth-order valence-electron chi connectivity index (χ4n) is 1.89. The average Bonchev–Trinajstić information content (AvgIpc) is 2.45. The number of hydrogen-bond acceptors (Lipinski definition) is 4. The Morgan fingerprint density at radius 3 is 2.38 bits per heavy atom. The number of rotatable bonds is 5. The zero-order valence-electron chi connectivity index (χ0n) is 12.8. The predicted molar refractivity (Wildman–Crippen MR) is 91.9 cm³/mol. The summed E-state index contributed by atoms with van der Waals surface area (Å²) in [4.78, 5) is 10.3. The maximum Gasteiger partial charge on any atom is 0.192 e. The standard InChI is InChI=1S/C16H20BrN3S/c1-5-18-9-13-6-7-15(14(17)8-13)21-16-19-11(3)10(2)12(4)20-16/h6-8,18H,5,9H2,1-4H3. The number of aromatic nitrogens is 2. The minimum absolute atomic E-state index is 0.802. The van der Waals surface area contributed by atoms with Gasteiger partial charge in [-0.3, -0.25) is 0 Å². The van der Waals surface area contributed by atoms with E-state index in [9.17, 15) is 0 Å². The van der Waals surface area contributed by atoms with Gasteiger partial charge in [-0.1, -0.05) is 13.0 Å². The number of halogens is 1. The third-order valence-corrected chi connectivity index (χ3v) is 5.25. The lowest BCUT2D eigenvalue weighted by molar-refractivity contribution is 0.726. The molecular weight excluding hydrogens is 346 g/mol. The van der Waals surface area contributed by atoms with E-state index in [1.165, 1.54) is 11.1 Å². The summed E-state index contributed by atoms with van der Waals surface area (Å²) in [6, 6.07) is 6.41. The number of aryl methyl sites for hydroxylation is 2. The monoisotopic (exact) mass is 365 g/mol. The van der Waals surface area contributed by atoms with Crippen molar-refractivity contribution >= 4 is 27.7 Å². The Hall–Kier alpha value is -0.910. The minimum atomic E-state index is 0.802. The average molecular weight is 366 g/mol. The molecule has 0 saturated heterocycles. The van der Waals surface area contributed by atoms with Crippen molar-refractivity contribution in [1.29, 1.82) is 0 Å². The molecule has 0 radical (unpaired) electrons. The molecule has 0 atom stereocenters. The second-order valence-corrected chi connectivity index (χ2v) is 6.81. The lowest BCUT2D eigenvalue weighted by Crippen LogP contribution is -2.11. The normalized spacial score (nSPS) is 10.9. The van der Waals surface area contributed by atoms with Crippen molar-refractivity contribution in [2.24, 2.45) is 0 Å². The van der Waals surface area contributed by atoms with Gasteiger partial charge in [-0.15, -0.1) is 0 Å². The van der Waals surface area contributed by atoms with Gasteiger partial charge < -0.3 is 5.32 Å². The van der Waals surface area contributed by atoms with Crippen molar-refractivity contribution in [2.75, 3.05) is 6.54 Å². The van der Waals surface area contributed by atoms with Crippen LogP contribution in [0.15, 0.2) is 32.7 Å². The first-order valence-electron chi connectivity index (χ1n) is 7.00. The first kappa shape index (κ1) is 16.5. The molecule has 0 aliphatic rings. The van der Waals surface area contributed by atoms with Gasteiger partial charge in [0, 0.05) is 27.3 Å². The van der Waals surface area contributed by atoms with Crippen molar-refractivity contribution in [2.45, 2.75) is 44.3 Å². The van der Waals surface area contributed by atoms with Crippen molar-refractivity contribution in [3.8, 4) is 0 Å². The van der Waals surface area contributed by atoms with E-state index in [4.69, 9.17) is 0 Å². The van der Waals surface area contributed by atoms with Crippen LogP contribution >= 0.6 is 27.7 Å². The van der Waals surface area contributed by atoms with E-state index in [0.717, 1.165) is 39.0 Å². The Kier molecular flexibility index (Phi) is 5.79. The fourth-order valence-corrected chi connectivity index (χ4v) is 3.42. The Balaban J connectivity index is 2.20. The molecule has 0 aliphatic heterocycles. The molecule has 0 unspecified atom stereocenters. The van der Waals surface area contributed by atoms with E-state index < -0.39 is 0 Å². The fraction of sp³-hybridized carbons (Fsp3) is 0.375. The highest BCUT2D eigenvalue weighted by Gasteiger charge is 2.09. The molecule has 1 N–H and O–H groups in total. The molecular formula is C16H20BrN3S. The summed E-state index contributed by atoms with van der Waals surface area (Å²) in [5.74, 6) is 0. The zero-order valence-corrected chi connectivity index (χ0v) is 15.2. The van der Waals surface area contributed by atoms with E-state index >= 15 is 0 Å². The van der Waals surface area contributed by atoms with Gasteiger partial charge in [0.25, 0.3) is 0 Å². The first-order chi connectivity index (χ1) is 10.0. The third-order valence-electron chi connectivity index (χ3n) is 3.39. The smallest absolute Gasteiger partial charge is 0.192 e. The van der Waals surface area contributed by atoms with Gasteiger partial charge in [0.05, 0.1) is 0 Å². The maximum atomic E-state index is 4.56. The molecule has 21 heavy (non-hydrogen) atoms.